The molecular formula is C16H21ClN4OS. The average molecular weight is 353 g/mol. The molecule has 0 unspecified atom stereocenters. The number of aromatic nitrogens is 1. The van der Waals surface area contributed by atoms with E-state index in [9.17, 15) is 0 Å². The van der Waals surface area contributed by atoms with Crippen molar-refractivity contribution >= 4 is 28.9 Å². The van der Waals surface area contributed by atoms with Crippen LogP contribution in [0.15, 0.2) is 41.7 Å². The van der Waals surface area contributed by atoms with Gasteiger partial charge in [0.25, 0.3) is 0 Å². The van der Waals surface area contributed by atoms with Crippen molar-refractivity contribution < 1.29 is 4.74 Å². The van der Waals surface area contributed by atoms with Crippen LogP contribution in [0.5, 0.6) is 5.75 Å². The van der Waals surface area contributed by atoms with Gasteiger partial charge in [-0.15, -0.1) is 11.3 Å². The number of thiophene rings is 1. The van der Waals surface area contributed by atoms with Crippen molar-refractivity contribution in [3.8, 4) is 5.75 Å². The lowest BCUT2D eigenvalue weighted by atomic mass is 10.4. The molecule has 0 radical (unpaired) electrons. The van der Waals surface area contributed by atoms with Crippen LogP contribution in [-0.4, -0.2) is 42.6 Å². The van der Waals surface area contributed by atoms with Gasteiger partial charge in [-0.2, -0.15) is 0 Å². The van der Waals surface area contributed by atoms with Gasteiger partial charge >= 0.3 is 0 Å². The van der Waals surface area contributed by atoms with Gasteiger partial charge in [-0.3, -0.25) is 4.98 Å². The number of nitrogens with one attached hydrogen (secondary N) is 1. The Bertz CT molecular complexity index is 618. The minimum Gasteiger partial charge on any atom is -0.490 e. The normalized spacial score (nSPS) is 11.3. The van der Waals surface area contributed by atoms with Crippen LogP contribution in [0.3, 0.4) is 0 Å². The largest absolute Gasteiger partial charge is 0.490 e. The van der Waals surface area contributed by atoms with Crippen LogP contribution in [0.4, 0.5) is 0 Å². The zero-order valence-corrected chi connectivity index (χ0v) is 14.9. The van der Waals surface area contributed by atoms with Gasteiger partial charge in [0.15, 0.2) is 5.96 Å². The van der Waals surface area contributed by atoms with Gasteiger partial charge in [0.2, 0.25) is 0 Å². The van der Waals surface area contributed by atoms with Crippen LogP contribution < -0.4 is 10.1 Å². The Morgan fingerprint density at radius 2 is 2.30 bits per heavy atom. The molecule has 0 aliphatic carbocycles. The van der Waals surface area contributed by atoms with Crippen LogP contribution in [0, 0.1) is 0 Å². The van der Waals surface area contributed by atoms with Crippen molar-refractivity contribution in [3.05, 3.63) is 45.9 Å². The molecule has 0 amide bonds. The molecule has 2 rings (SSSR count). The summed E-state index contributed by atoms with van der Waals surface area (Å²) in [6.07, 6.45) is 3.42. The van der Waals surface area contributed by atoms with Gasteiger partial charge in [-0.25, -0.2) is 4.99 Å². The summed E-state index contributed by atoms with van der Waals surface area (Å²) in [5.74, 6) is 1.61. The first-order valence-corrected chi connectivity index (χ1v) is 8.65. The molecule has 2 aromatic rings. The second-order valence-electron chi connectivity index (χ2n) is 4.83. The smallest absolute Gasteiger partial charge is 0.194 e. The van der Waals surface area contributed by atoms with Crippen molar-refractivity contribution in [2.75, 3.05) is 26.7 Å². The highest BCUT2D eigenvalue weighted by Gasteiger charge is 2.08. The average Bonchev–Trinajstić information content (AvgIpc) is 2.96. The lowest BCUT2D eigenvalue weighted by Gasteiger charge is -2.21. The molecule has 0 bridgehead atoms. The first-order chi connectivity index (χ1) is 11.2. The predicted octanol–water partition coefficient (Wildman–Crippen LogP) is 3.27. The maximum Gasteiger partial charge on any atom is 0.194 e. The fourth-order valence-electron chi connectivity index (χ4n) is 1.96. The highest BCUT2D eigenvalue weighted by molar-refractivity contribution is 7.16. The molecule has 23 heavy (non-hydrogen) atoms. The van der Waals surface area contributed by atoms with Crippen LogP contribution in [0.25, 0.3) is 0 Å². The first-order valence-electron chi connectivity index (χ1n) is 7.45. The summed E-state index contributed by atoms with van der Waals surface area (Å²) >= 11 is 7.56. The van der Waals surface area contributed by atoms with Crippen LogP contribution in [0.1, 0.15) is 11.8 Å². The van der Waals surface area contributed by atoms with Crippen molar-refractivity contribution in [1.29, 1.82) is 0 Å². The Hall–Kier alpha value is -1.79. The standard InChI is InChI=1S/C16H21ClN4OS/c1-3-19-16(21(2)12-14-6-7-15(17)23-14)20-9-10-22-13-5-4-8-18-11-13/h4-8,11H,3,9-10,12H2,1-2H3,(H,19,20). The van der Waals surface area contributed by atoms with E-state index in [-0.39, 0.29) is 0 Å². The second kappa shape index (κ2) is 9.37. The molecule has 0 aromatic carbocycles. The first kappa shape index (κ1) is 17.6. The fraction of sp³-hybridized carbons (Fsp3) is 0.375. The Kier molecular flexibility index (Phi) is 7.16. The third kappa shape index (κ3) is 6.08. The molecule has 124 valence electrons. The molecule has 2 aromatic heterocycles. The number of ether oxygens (including phenoxy) is 1. The molecule has 5 nitrogen and oxygen atoms in total. The number of rotatable bonds is 7. The topological polar surface area (TPSA) is 49.8 Å². The predicted molar refractivity (Wildman–Crippen MR) is 96.5 cm³/mol. The molecule has 0 fully saturated rings. The summed E-state index contributed by atoms with van der Waals surface area (Å²) < 4.78 is 6.41. The van der Waals surface area contributed by atoms with Gasteiger partial charge in [0.1, 0.15) is 12.4 Å². The summed E-state index contributed by atoms with van der Waals surface area (Å²) in [5, 5.41) is 3.29. The summed E-state index contributed by atoms with van der Waals surface area (Å²) in [7, 11) is 2.01. The number of nitrogens with zero attached hydrogens (tertiary/aromatic N) is 3. The van der Waals surface area contributed by atoms with Crippen LogP contribution in [0.2, 0.25) is 4.34 Å². The minimum atomic E-state index is 0.513. The molecule has 0 atom stereocenters. The Labute approximate surface area is 146 Å². The van der Waals surface area contributed by atoms with E-state index < -0.39 is 0 Å². The van der Waals surface area contributed by atoms with E-state index >= 15 is 0 Å². The van der Waals surface area contributed by atoms with E-state index in [0.29, 0.717) is 13.2 Å². The molecule has 0 spiro atoms. The SMILES string of the molecule is CCNC(=NCCOc1cccnc1)N(C)Cc1ccc(Cl)s1. The summed E-state index contributed by atoms with van der Waals surface area (Å²) in [6, 6.07) is 7.69. The van der Waals surface area contributed by atoms with E-state index in [1.54, 1.807) is 23.7 Å². The number of aliphatic imine (C=N–C) groups is 1. The number of pyridine rings is 1. The molecule has 0 aliphatic rings. The quantitative estimate of drug-likeness (QED) is 0.472. The second-order valence-corrected chi connectivity index (χ2v) is 6.63. The zero-order valence-electron chi connectivity index (χ0n) is 13.3. The lowest BCUT2D eigenvalue weighted by molar-refractivity contribution is 0.326. The number of halogens is 1. The molecule has 0 saturated carbocycles. The zero-order chi connectivity index (χ0) is 16.5. The lowest BCUT2D eigenvalue weighted by Crippen LogP contribution is -2.38. The van der Waals surface area contributed by atoms with Crippen molar-refractivity contribution in [2.24, 2.45) is 4.99 Å². The van der Waals surface area contributed by atoms with Gasteiger partial charge in [0, 0.05) is 24.7 Å². The van der Waals surface area contributed by atoms with E-state index in [4.69, 9.17) is 16.3 Å². The summed E-state index contributed by atoms with van der Waals surface area (Å²) in [6.45, 7) is 4.73. The molecule has 7 heteroatoms. The number of guanidine groups is 1. The molecule has 2 heterocycles. The Morgan fingerprint density at radius 1 is 1.43 bits per heavy atom. The van der Waals surface area contributed by atoms with Crippen molar-refractivity contribution in [1.82, 2.24) is 15.2 Å². The maximum absolute atomic E-state index is 5.98. The van der Waals surface area contributed by atoms with E-state index in [1.165, 1.54) is 4.88 Å². The monoisotopic (exact) mass is 352 g/mol. The molecule has 0 aliphatic heterocycles. The summed E-state index contributed by atoms with van der Waals surface area (Å²) in [4.78, 5) is 11.9. The third-order valence-electron chi connectivity index (χ3n) is 2.97. The van der Waals surface area contributed by atoms with E-state index in [1.807, 2.05) is 31.3 Å². The van der Waals surface area contributed by atoms with Crippen molar-refractivity contribution in [2.45, 2.75) is 13.5 Å². The van der Waals surface area contributed by atoms with Crippen LogP contribution in [-0.2, 0) is 6.54 Å². The number of hydrogen-bond donors (Lipinski definition) is 1. The third-order valence-corrected chi connectivity index (χ3v) is 4.19. The Morgan fingerprint density at radius 3 is 2.96 bits per heavy atom. The van der Waals surface area contributed by atoms with Gasteiger partial charge in [-0.1, -0.05) is 11.6 Å². The van der Waals surface area contributed by atoms with E-state index in [2.05, 4.69) is 27.1 Å². The maximum atomic E-state index is 5.98. The summed E-state index contributed by atoms with van der Waals surface area (Å²) in [5.41, 5.74) is 0. The Balaban J connectivity index is 1.85. The molecule has 0 saturated heterocycles. The van der Waals surface area contributed by atoms with Crippen molar-refractivity contribution in [3.63, 3.8) is 0 Å². The highest BCUT2D eigenvalue weighted by atomic mass is 35.5. The van der Waals surface area contributed by atoms with Gasteiger partial charge in [-0.05, 0) is 31.2 Å². The van der Waals surface area contributed by atoms with Gasteiger partial charge in [0.05, 0.1) is 23.6 Å². The fourth-order valence-corrected chi connectivity index (χ4v) is 3.10. The number of hydrogen-bond acceptors (Lipinski definition) is 4. The molecular weight excluding hydrogens is 332 g/mol. The van der Waals surface area contributed by atoms with E-state index in [0.717, 1.165) is 29.1 Å². The minimum absolute atomic E-state index is 0.513. The van der Waals surface area contributed by atoms with Crippen LogP contribution >= 0.6 is 22.9 Å². The highest BCUT2D eigenvalue weighted by Crippen LogP contribution is 2.22. The van der Waals surface area contributed by atoms with Gasteiger partial charge < -0.3 is 15.0 Å². The molecule has 1 N–H and O–H groups in total.